The first-order valence-corrected chi connectivity index (χ1v) is 7.82. The number of phenolic OH excluding ortho intramolecular Hbond substituents is 1. The first kappa shape index (κ1) is 12.5. The third kappa shape index (κ3) is 1.76. The standard InChI is InChI=1S/C17H23NO2/c1-9(13-8-12(20-2)5-6-14(13)19)18-17-15-10-3-4-11(7-10)16(15)17/h5-6,8-11,15-19H,3-4,7H2,1-2H3. The van der Waals surface area contributed by atoms with Crippen LogP contribution >= 0.6 is 0 Å². The molecule has 5 atom stereocenters. The van der Waals surface area contributed by atoms with Crippen LogP contribution in [0.25, 0.3) is 0 Å². The summed E-state index contributed by atoms with van der Waals surface area (Å²) in [4.78, 5) is 0. The summed E-state index contributed by atoms with van der Waals surface area (Å²) in [7, 11) is 1.66. The smallest absolute Gasteiger partial charge is 0.120 e. The van der Waals surface area contributed by atoms with Crippen LogP contribution in [-0.4, -0.2) is 18.3 Å². The predicted molar refractivity (Wildman–Crippen MR) is 77.8 cm³/mol. The van der Waals surface area contributed by atoms with Crippen LogP contribution in [-0.2, 0) is 0 Å². The van der Waals surface area contributed by atoms with Crippen molar-refractivity contribution in [3.63, 3.8) is 0 Å². The van der Waals surface area contributed by atoms with Crippen molar-refractivity contribution >= 4 is 0 Å². The van der Waals surface area contributed by atoms with Crippen LogP contribution < -0.4 is 10.1 Å². The lowest BCUT2D eigenvalue weighted by Gasteiger charge is -2.19. The lowest BCUT2D eigenvalue weighted by atomic mass is 10.0. The number of rotatable bonds is 4. The van der Waals surface area contributed by atoms with Gasteiger partial charge in [-0.15, -0.1) is 0 Å². The number of aromatic hydroxyl groups is 1. The second-order valence-corrected chi connectivity index (χ2v) is 6.83. The number of phenols is 1. The lowest BCUT2D eigenvalue weighted by molar-refractivity contribution is 0.400. The monoisotopic (exact) mass is 273 g/mol. The Bertz CT molecular complexity index is 514. The molecule has 1 aromatic carbocycles. The van der Waals surface area contributed by atoms with E-state index in [1.807, 2.05) is 6.07 Å². The number of fused-ring (bicyclic) bond motifs is 5. The van der Waals surface area contributed by atoms with Crippen molar-refractivity contribution in [3.8, 4) is 11.5 Å². The molecule has 0 radical (unpaired) electrons. The van der Waals surface area contributed by atoms with Gasteiger partial charge in [0.1, 0.15) is 11.5 Å². The van der Waals surface area contributed by atoms with Gasteiger partial charge in [0.05, 0.1) is 7.11 Å². The average molecular weight is 273 g/mol. The number of hydrogen-bond donors (Lipinski definition) is 2. The topological polar surface area (TPSA) is 41.5 Å². The SMILES string of the molecule is COc1ccc(O)c(C(C)NC2C3C4CCC(C4)C23)c1. The molecule has 3 aliphatic rings. The molecule has 3 saturated carbocycles. The maximum atomic E-state index is 10.1. The molecule has 2 bridgehead atoms. The molecule has 20 heavy (non-hydrogen) atoms. The van der Waals surface area contributed by atoms with Crippen LogP contribution in [0.3, 0.4) is 0 Å². The van der Waals surface area contributed by atoms with Gasteiger partial charge in [-0.1, -0.05) is 0 Å². The van der Waals surface area contributed by atoms with Crippen molar-refractivity contribution < 1.29 is 9.84 Å². The third-order valence-corrected chi connectivity index (χ3v) is 5.88. The maximum absolute atomic E-state index is 10.1. The van der Waals surface area contributed by atoms with E-state index < -0.39 is 0 Å². The summed E-state index contributed by atoms with van der Waals surface area (Å²) >= 11 is 0. The molecule has 108 valence electrons. The van der Waals surface area contributed by atoms with Crippen LogP contribution in [0.15, 0.2) is 18.2 Å². The van der Waals surface area contributed by atoms with Gasteiger partial charge in [0, 0.05) is 17.6 Å². The lowest BCUT2D eigenvalue weighted by Crippen LogP contribution is -2.26. The van der Waals surface area contributed by atoms with Gasteiger partial charge in [0.15, 0.2) is 0 Å². The molecule has 3 heteroatoms. The highest BCUT2D eigenvalue weighted by Crippen LogP contribution is 2.65. The zero-order chi connectivity index (χ0) is 13.9. The highest BCUT2D eigenvalue weighted by molar-refractivity contribution is 5.41. The zero-order valence-electron chi connectivity index (χ0n) is 12.2. The quantitative estimate of drug-likeness (QED) is 0.885. The summed E-state index contributed by atoms with van der Waals surface area (Å²) in [6, 6.07) is 6.34. The Kier molecular flexibility index (Phi) is 2.75. The van der Waals surface area contributed by atoms with Gasteiger partial charge in [-0.05, 0) is 68.1 Å². The molecule has 0 saturated heterocycles. The van der Waals surface area contributed by atoms with E-state index in [-0.39, 0.29) is 6.04 Å². The number of benzene rings is 1. The number of methoxy groups -OCH3 is 1. The number of ether oxygens (including phenoxy) is 1. The molecule has 5 unspecified atom stereocenters. The Morgan fingerprint density at radius 1 is 1.25 bits per heavy atom. The summed E-state index contributed by atoms with van der Waals surface area (Å²) in [5.41, 5.74) is 0.946. The zero-order valence-corrected chi connectivity index (χ0v) is 12.2. The molecule has 0 aliphatic heterocycles. The van der Waals surface area contributed by atoms with E-state index in [0.29, 0.717) is 11.8 Å². The van der Waals surface area contributed by atoms with E-state index >= 15 is 0 Å². The van der Waals surface area contributed by atoms with Gasteiger partial charge in [-0.3, -0.25) is 0 Å². The summed E-state index contributed by atoms with van der Waals surface area (Å²) in [5.74, 6) is 4.97. The highest BCUT2D eigenvalue weighted by Gasteiger charge is 2.64. The van der Waals surface area contributed by atoms with Crippen molar-refractivity contribution in [2.45, 2.75) is 38.3 Å². The van der Waals surface area contributed by atoms with E-state index in [4.69, 9.17) is 4.74 Å². The molecular weight excluding hydrogens is 250 g/mol. The van der Waals surface area contributed by atoms with Crippen molar-refractivity contribution in [1.29, 1.82) is 0 Å². The number of hydrogen-bond acceptors (Lipinski definition) is 3. The van der Waals surface area contributed by atoms with Crippen LogP contribution in [0.1, 0.15) is 37.8 Å². The van der Waals surface area contributed by atoms with Crippen molar-refractivity contribution in [2.75, 3.05) is 7.11 Å². The largest absolute Gasteiger partial charge is 0.508 e. The van der Waals surface area contributed by atoms with Crippen molar-refractivity contribution in [1.82, 2.24) is 5.32 Å². The Balaban J connectivity index is 1.48. The molecule has 4 rings (SSSR count). The minimum absolute atomic E-state index is 0.181. The van der Waals surface area contributed by atoms with Gasteiger partial charge in [0.25, 0.3) is 0 Å². The average Bonchev–Trinajstić information content (AvgIpc) is 2.85. The second-order valence-electron chi connectivity index (χ2n) is 6.83. The summed E-state index contributed by atoms with van der Waals surface area (Å²) < 4.78 is 5.26. The highest BCUT2D eigenvalue weighted by atomic mass is 16.5. The van der Waals surface area contributed by atoms with E-state index in [2.05, 4.69) is 12.2 Å². The molecule has 2 N–H and O–H groups in total. The fourth-order valence-electron chi connectivity index (χ4n) is 4.93. The van der Waals surface area contributed by atoms with Gasteiger partial charge in [-0.25, -0.2) is 0 Å². The Labute approximate surface area is 120 Å². The summed E-state index contributed by atoms with van der Waals surface area (Å²) in [5, 5.41) is 13.8. The first-order chi connectivity index (χ1) is 9.69. The molecule has 3 aliphatic carbocycles. The van der Waals surface area contributed by atoms with Crippen molar-refractivity contribution in [3.05, 3.63) is 23.8 Å². The Hall–Kier alpha value is -1.22. The molecule has 1 aromatic rings. The Morgan fingerprint density at radius 2 is 1.95 bits per heavy atom. The molecule has 0 amide bonds. The molecule has 3 nitrogen and oxygen atoms in total. The van der Waals surface area contributed by atoms with Gasteiger partial charge in [0.2, 0.25) is 0 Å². The van der Waals surface area contributed by atoms with Gasteiger partial charge in [-0.2, -0.15) is 0 Å². The van der Waals surface area contributed by atoms with E-state index in [0.717, 1.165) is 35.0 Å². The van der Waals surface area contributed by atoms with Gasteiger partial charge >= 0.3 is 0 Å². The van der Waals surface area contributed by atoms with E-state index in [1.54, 1.807) is 19.2 Å². The molecule has 0 spiro atoms. The fourth-order valence-corrected chi connectivity index (χ4v) is 4.93. The minimum atomic E-state index is 0.181. The van der Waals surface area contributed by atoms with E-state index in [1.165, 1.54) is 19.3 Å². The van der Waals surface area contributed by atoms with E-state index in [9.17, 15) is 5.11 Å². The van der Waals surface area contributed by atoms with Crippen LogP contribution in [0, 0.1) is 23.7 Å². The normalized spacial score (nSPS) is 38.6. The van der Waals surface area contributed by atoms with Crippen LogP contribution in [0.4, 0.5) is 0 Å². The molecule has 0 heterocycles. The maximum Gasteiger partial charge on any atom is 0.120 e. The summed E-state index contributed by atoms with van der Waals surface area (Å²) in [6.45, 7) is 2.14. The minimum Gasteiger partial charge on any atom is -0.508 e. The first-order valence-electron chi connectivity index (χ1n) is 7.82. The summed E-state index contributed by atoms with van der Waals surface area (Å²) in [6.07, 6.45) is 4.37. The van der Waals surface area contributed by atoms with Gasteiger partial charge < -0.3 is 15.2 Å². The van der Waals surface area contributed by atoms with Crippen LogP contribution in [0.5, 0.6) is 11.5 Å². The predicted octanol–water partition coefficient (Wildman–Crippen LogP) is 3.10. The molecule has 3 fully saturated rings. The third-order valence-electron chi connectivity index (χ3n) is 5.88. The van der Waals surface area contributed by atoms with Crippen LogP contribution in [0.2, 0.25) is 0 Å². The second kappa shape index (κ2) is 4.39. The fraction of sp³-hybridized carbons (Fsp3) is 0.647. The van der Waals surface area contributed by atoms with Crippen molar-refractivity contribution in [2.24, 2.45) is 23.7 Å². The Morgan fingerprint density at radius 3 is 2.60 bits per heavy atom. The molecule has 0 aromatic heterocycles. The number of nitrogens with one attached hydrogen (secondary N) is 1. The molecular formula is C17H23NO2.